The van der Waals surface area contributed by atoms with E-state index in [-0.39, 0.29) is 0 Å². The molecule has 6 heteroatoms. The average Bonchev–Trinajstić information content (AvgIpc) is 2.72. The van der Waals surface area contributed by atoms with E-state index in [0.717, 1.165) is 17.5 Å². The molecule has 28 heavy (non-hydrogen) atoms. The van der Waals surface area contributed by atoms with Crippen LogP contribution >= 0.6 is 0 Å². The zero-order valence-corrected chi connectivity index (χ0v) is 16.5. The highest BCUT2D eigenvalue weighted by molar-refractivity contribution is 7.92. The van der Waals surface area contributed by atoms with Crippen molar-refractivity contribution < 1.29 is 17.9 Å². The number of sulfone groups is 1. The van der Waals surface area contributed by atoms with E-state index in [1.54, 1.807) is 44.6 Å². The highest BCUT2D eigenvalue weighted by Crippen LogP contribution is 2.41. The fourth-order valence-corrected chi connectivity index (χ4v) is 5.14. The molecule has 0 amide bonds. The molecule has 5 nitrogen and oxygen atoms in total. The van der Waals surface area contributed by atoms with Crippen molar-refractivity contribution in [1.82, 2.24) is 0 Å². The Bertz CT molecular complexity index is 1140. The molecule has 0 radical (unpaired) electrons. The van der Waals surface area contributed by atoms with E-state index in [0.29, 0.717) is 39.1 Å². The van der Waals surface area contributed by atoms with Gasteiger partial charge in [0.25, 0.3) is 0 Å². The molecular formula is C22H21NO4S. The summed E-state index contributed by atoms with van der Waals surface area (Å²) in [7, 11) is -0.304. The molecule has 0 fully saturated rings. The van der Waals surface area contributed by atoms with Crippen LogP contribution in [0.25, 0.3) is 0 Å². The first-order valence-electron chi connectivity index (χ1n) is 8.98. The van der Waals surface area contributed by atoms with Gasteiger partial charge in [-0.1, -0.05) is 30.3 Å². The third-order valence-corrected chi connectivity index (χ3v) is 6.82. The summed E-state index contributed by atoms with van der Waals surface area (Å²) in [6, 6.07) is 18.3. The molecule has 0 saturated heterocycles. The summed E-state index contributed by atoms with van der Waals surface area (Å²) in [5.41, 5.74) is 3.34. The topological polar surface area (TPSA) is 64.6 Å². The SMILES string of the molecule is COc1ccc(CCc2cccc3c2Nc2ccccc2S3(=O)=O)cc1OC. The fourth-order valence-electron chi connectivity index (χ4n) is 3.52. The molecule has 0 aliphatic carbocycles. The van der Waals surface area contributed by atoms with Crippen molar-refractivity contribution in [2.75, 3.05) is 19.5 Å². The zero-order valence-electron chi connectivity index (χ0n) is 15.7. The summed E-state index contributed by atoms with van der Waals surface area (Å²) in [6.07, 6.45) is 1.45. The van der Waals surface area contributed by atoms with Gasteiger partial charge in [0.1, 0.15) is 0 Å². The van der Waals surface area contributed by atoms with Crippen LogP contribution in [0.5, 0.6) is 11.5 Å². The lowest BCUT2D eigenvalue weighted by Gasteiger charge is -2.24. The molecule has 3 aromatic carbocycles. The van der Waals surface area contributed by atoms with E-state index in [4.69, 9.17) is 9.47 Å². The van der Waals surface area contributed by atoms with Crippen LogP contribution in [0.1, 0.15) is 11.1 Å². The monoisotopic (exact) mass is 395 g/mol. The van der Waals surface area contributed by atoms with Gasteiger partial charge in [0.2, 0.25) is 9.84 Å². The number of methoxy groups -OCH3 is 2. The maximum atomic E-state index is 13.0. The predicted octanol–water partition coefficient (Wildman–Crippen LogP) is 4.38. The van der Waals surface area contributed by atoms with Crippen LogP contribution < -0.4 is 14.8 Å². The Hall–Kier alpha value is -2.99. The quantitative estimate of drug-likeness (QED) is 0.543. The van der Waals surface area contributed by atoms with E-state index in [2.05, 4.69) is 5.32 Å². The number of nitrogens with one attached hydrogen (secondary N) is 1. The Labute approximate surface area is 164 Å². The van der Waals surface area contributed by atoms with E-state index >= 15 is 0 Å². The maximum absolute atomic E-state index is 13.0. The fraction of sp³-hybridized carbons (Fsp3) is 0.182. The molecule has 144 valence electrons. The zero-order chi connectivity index (χ0) is 19.7. The van der Waals surface area contributed by atoms with Gasteiger partial charge in [0, 0.05) is 0 Å². The summed E-state index contributed by atoms with van der Waals surface area (Å²) in [6.45, 7) is 0. The standard InChI is InChI=1S/C22H21NO4S/c1-26-18-13-11-15(14-19(18)27-2)10-12-16-6-5-9-21-22(16)23-17-7-3-4-8-20(17)28(21,24)25/h3-9,11,13-14,23H,10,12H2,1-2H3. The second kappa shape index (κ2) is 7.20. The van der Waals surface area contributed by atoms with Crippen molar-refractivity contribution in [2.24, 2.45) is 0 Å². The number of anilines is 2. The molecule has 0 saturated carbocycles. The summed E-state index contributed by atoms with van der Waals surface area (Å²) in [5, 5.41) is 3.32. The van der Waals surface area contributed by atoms with Crippen molar-refractivity contribution in [3.05, 3.63) is 71.8 Å². The summed E-state index contributed by atoms with van der Waals surface area (Å²) < 4.78 is 36.7. The molecule has 0 bridgehead atoms. The van der Waals surface area contributed by atoms with Crippen molar-refractivity contribution in [3.63, 3.8) is 0 Å². The molecule has 1 heterocycles. The predicted molar refractivity (Wildman–Crippen MR) is 109 cm³/mol. The van der Waals surface area contributed by atoms with E-state index in [1.807, 2.05) is 30.3 Å². The minimum atomic E-state index is -3.53. The Morgan fingerprint density at radius 3 is 2.36 bits per heavy atom. The Balaban J connectivity index is 1.66. The van der Waals surface area contributed by atoms with Crippen molar-refractivity contribution in [1.29, 1.82) is 0 Å². The van der Waals surface area contributed by atoms with Crippen LogP contribution in [0.2, 0.25) is 0 Å². The van der Waals surface area contributed by atoms with Crippen LogP contribution in [0.3, 0.4) is 0 Å². The maximum Gasteiger partial charge on any atom is 0.210 e. The Morgan fingerprint density at radius 2 is 1.57 bits per heavy atom. The van der Waals surface area contributed by atoms with Gasteiger partial charge in [-0.3, -0.25) is 0 Å². The molecule has 0 spiro atoms. The third kappa shape index (κ3) is 3.10. The third-order valence-electron chi connectivity index (χ3n) is 4.97. The van der Waals surface area contributed by atoms with Crippen LogP contribution in [-0.2, 0) is 22.7 Å². The normalized spacial score (nSPS) is 13.8. The van der Waals surface area contributed by atoms with E-state index < -0.39 is 9.84 Å². The second-order valence-electron chi connectivity index (χ2n) is 6.60. The molecule has 3 aromatic rings. The number of hydrogen-bond donors (Lipinski definition) is 1. The molecule has 0 atom stereocenters. The number of rotatable bonds is 5. The van der Waals surface area contributed by atoms with E-state index in [9.17, 15) is 8.42 Å². The van der Waals surface area contributed by atoms with Crippen LogP contribution in [0.15, 0.2) is 70.5 Å². The molecular weight excluding hydrogens is 374 g/mol. The first-order valence-corrected chi connectivity index (χ1v) is 10.5. The number of hydrogen-bond acceptors (Lipinski definition) is 5. The van der Waals surface area contributed by atoms with Gasteiger partial charge in [-0.25, -0.2) is 8.42 Å². The number of benzene rings is 3. The lowest BCUT2D eigenvalue weighted by Crippen LogP contribution is -2.15. The van der Waals surface area contributed by atoms with Gasteiger partial charge in [-0.2, -0.15) is 0 Å². The van der Waals surface area contributed by atoms with Crippen molar-refractivity contribution >= 4 is 21.2 Å². The van der Waals surface area contributed by atoms with Gasteiger partial charge in [-0.05, 0) is 54.3 Å². The van der Waals surface area contributed by atoms with Crippen LogP contribution in [0, 0.1) is 0 Å². The minimum absolute atomic E-state index is 0.319. The Kier molecular flexibility index (Phi) is 4.73. The summed E-state index contributed by atoms with van der Waals surface area (Å²) >= 11 is 0. The van der Waals surface area contributed by atoms with Gasteiger partial charge in [-0.15, -0.1) is 0 Å². The summed E-state index contributed by atoms with van der Waals surface area (Å²) in [5.74, 6) is 1.37. The van der Waals surface area contributed by atoms with Gasteiger partial charge in [0.05, 0.1) is 35.4 Å². The van der Waals surface area contributed by atoms with Gasteiger partial charge >= 0.3 is 0 Å². The molecule has 1 aliphatic rings. The lowest BCUT2D eigenvalue weighted by atomic mass is 10.0. The molecule has 0 aromatic heterocycles. The molecule has 4 rings (SSSR count). The number of ether oxygens (including phenoxy) is 2. The number of aryl methyl sites for hydroxylation is 2. The lowest BCUT2D eigenvalue weighted by molar-refractivity contribution is 0.354. The smallest absolute Gasteiger partial charge is 0.210 e. The number of para-hydroxylation sites is 2. The number of fused-ring (bicyclic) bond motifs is 2. The van der Waals surface area contributed by atoms with Crippen molar-refractivity contribution in [2.45, 2.75) is 22.6 Å². The van der Waals surface area contributed by atoms with Gasteiger partial charge in [0.15, 0.2) is 11.5 Å². The van der Waals surface area contributed by atoms with Crippen LogP contribution in [-0.4, -0.2) is 22.6 Å². The largest absolute Gasteiger partial charge is 0.493 e. The second-order valence-corrected chi connectivity index (χ2v) is 8.49. The average molecular weight is 395 g/mol. The minimum Gasteiger partial charge on any atom is -0.493 e. The molecule has 0 unspecified atom stereocenters. The van der Waals surface area contributed by atoms with Crippen LogP contribution in [0.4, 0.5) is 11.4 Å². The highest BCUT2D eigenvalue weighted by Gasteiger charge is 2.30. The summed E-state index contributed by atoms with van der Waals surface area (Å²) in [4.78, 5) is 0.649. The molecule has 1 N–H and O–H groups in total. The highest BCUT2D eigenvalue weighted by atomic mass is 32.2. The first kappa shape index (κ1) is 18.4. The van der Waals surface area contributed by atoms with E-state index in [1.165, 1.54) is 0 Å². The van der Waals surface area contributed by atoms with Gasteiger partial charge < -0.3 is 14.8 Å². The molecule has 1 aliphatic heterocycles. The first-order chi connectivity index (χ1) is 13.5. The van der Waals surface area contributed by atoms with Crippen molar-refractivity contribution in [3.8, 4) is 11.5 Å². The Morgan fingerprint density at radius 1 is 0.821 bits per heavy atom.